The summed E-state index contributed by atoms with van der Waals surface area (Å²) in [7, 11) is 1.43. The quantitative estimate of drug-likeness (QED) is 0.877. The first-order chi connectivity index (χ1) is 11.2. The highest BCUT2D eigenvalue weighted by Gasteiger charge is 2.31. The van der Waals surface area contributed by atoms with Crippen molar-refractivity contribution in [2.45, 2.75) is 25.4 Å². The third-order valence-corrected chi connectivity index (χ3v) is 3.75. The number of alkyl halides is 3. The second kappa shape index (κ2) is 6.95. The molecule has 0 amide bonds. The maximum Gasteiger partial charge on any atom is 0.416 e. The minimum absolute atomic E-state index is 0.0565. The lowest BCUT2D eigenvalue weighted by Crippen LogP contribution is -2.16. The molecule has 6 heteroatoms. The highest BCUT2D eigenvalue weighted by atomic mass is 19.4. The highest BCUT2D eigenvalue weighted by Crippen LogP contribution is 2.33. The molecule has 0 bridgehead atoms. The number of aryl methyl sites for hydroxylation is 1. The first-order valence-electron chi connectivity index (χ1n) is 7.26. The zero-order valence-corrected chi connectivity index (χ0v) is 13.2. The number of benzene rings is 2. The van der Waals surface area contributed by atoms with Gasteiger partial charge in [-0.3, -0.25) is 4.79 Å². The Balaban J connectivity index is 2.41. The number of carboxylic acid groups (broad SMARTS) is 1. The van der Waals surface area contributed by atoms with Crippen LogP contribution in [0.5, 0.6) is 5.75 Å². The summed E-state index contributed by atoms with van der Waals surface area (Å²) in [4.78, 5) is 11.7. The minimum Gasteiger partial charge on any atom is -0.496 e. The molecule has 0 aliphatic heterocycles. The zero-order valence-electron chi connectivity index (χ0n) is 13.2. The molecule has 1 unspecified atom stereocenters. The first-order valence-corrected chi connectivity index (χ1v) is 7.26. The standard InChI is InChI=1S/C18H17F3O3/c1-11-6-7-16(24-2)14(8-11)15(17(22)23)10-12-4-3-5-13(9-12)18(19,20)21/h3-9,15H,10H2,1-2H3,(H,22,23). The van der Waals surface area contributed by atoms with Crippen molar-refractivity contribution in [2.24, 2.45) is 0 Å². The van der Waals surface area contributed by atoms with Crippen molar-refractivity contribution in [3.63, 3.8) is 0 Å². The number of carbonyl (C=O) groups is 1. The Hall–Kier alpha value is -2.50. The highest BCUT2D eigenvalue weighted by molar-refractivity contribution is 5.78. The van der Waals surface area contributed by atoms with E-state index in [0.29, 0.717) is 16.9 Å². The van der Waals surface area contributed by atoms with Gasteiger partial charge < -0.3 is 9.84 Å². The summed E-state index contributed by atoms with van der Waals surface area (Å²) >= 11 is 0. The molecule has 24 heavy (non-hydrogen) atoms. The fourth-order valence-corrected chi connectivity index (χ4v) is 2.57. The van der Waals surface area contributed by atoms with Crippen LogP contribution in [0, 0.1) is 6.92 Å². The van der Waals surface area contributed by atoms with Crippen LogP contribution in [-0.2, 0) is 17.4 Å². The van der Waals surface area contributed by atoms with Gasteiger partial charge in [-0.05, 0) is 31.0 Å². The zero-order chi connectivity index (χ0) is 17.9. The van der Waals surface area contributed by atoms with Crippen LogP contribution < -0.4 is 4.74 Å². The van der Waals surface area contributed by atoms with Crippen LogP contribution in [-0.4, -0.2) is 18.2 Å². The lowest BCUT2D eigenvalue weighted by atomic mass is 9.90. The summed E-state index contributed by atoms with van der Waals surface area (Å²) in [5, 5.41) is 9.55. The molecule has 0 saturated heterocycles. The van der Waals surface area contributed by atoms with Gasteiger partial charge in [0.25, 0.3) is 0 Å². The predicted octanol–water partition coefficient (Wildman–Crippen LogP) is 4.43. The van der Waals surface area contributed by atoms with Gasteiger partial charge in [0.15, 0.2) is 0 Å². The first kappa shape index (κ1) is 17.8. The molecule has 0 radical (unpaired) electrons. The summed E-state index contributed by atoms with van der Waals surface area (Å²) in [6.07, 6.45) is -4.52. The van der Waals surface area contributed by atoms with E-state index in [4.69, 9.17) is 4.74 Å². The number of rotatable bonds is 5. The molecule has 2 aromatic rings. The summed E-state index contributed by atoms with van der Waals surface area (Å²) in [6.45, 7) is 1.81. The predicted molar refractivity (Wildman–Crippen MR) is 83.3 cm³/mol. The van der Waals surface area contributed by atoms with E-state index in [-0.39, 0.29) is 6.42 Å². The summed E-state index contributed by atoms with van der Waals surface area (Å²) < 4.78 is 43.7. The lowest BCUT2D eigenvalue weighted by Gasteiger charge is -2.18. The number of halogens is 3. The van der Waals surface area contributed by atoms with Gasteiger partial charge >= 0.3 is 12.1 Å². The number of ether oxygens (including phenoxy) is 1. The SMILES string of the molecule is COc1ccc(C)cc1C(Cc1cccc(C(F)(F)F)c1)C(=O)O. The molecular formula is C18H17F3O3. The molecule has 0 heterocycles. The van der Waals surface area contributed by atoms with Crippen molar-refractivity contribution in [3.05, 3.63) is 64.7 Å². The van der Waals surface area contributed by atoms with Crippen LogP contribution in [0.15, 0.2) is 42.5 Å². The van der Waals surface area contributed by atoms with Gasteiger partial charge in [0.2, 0.25) is 0 Å². The summed E-state index contributed by atoms with van der Waals surface area (Å²) in [5.74, 6) is -1.71. The Labute approximate surface area is 137 Å². The van der Waals surface area contributed by atoms with Crippen LogP contribution >= 0.6 is 0 Å². The smallest absolute Gasteiger partial charge is 0.416 e. The van der Waals surface area contributed by atoms with E-state index in [1.807, 2.05) is 6.92 Å². The average molecular weight is 338 g/mol. The third kappa shape index (κ3) is 4.07. The molecule has 0 saturated carbocycles. The van der Waals surface area contributed by atoms with Crippen molar-refractivity contribution < 1.29 is 27.8 Å². The van der Waals surface area contributed by atoms with Crippen molar-refractivity contribution in [1.29, 1.82) is 0 Å². The Bertz CT molecular complexity index is 739. The third-order valence-electron chi connectivity index (χ3n) is 3.75. The van der Waals surface area contributed by atoms with Crippen LogP contribution in [0.4, 0.5) is 13.2 Å². The number of carboxylic acids is 1. The van der Waals surface area contributed by atoms with Crippen molar-refractivity contribution in [1.82, 2.24) is 0 Å². The van der Waals surface area contributed by atoms with E-state index in [2.05, 4.69) is 0 Å². The molecule has 0 aliphatic carbocycles. The molecule has 3 nitrogen and oxygen atoms in total. The largest absolute Gasteiger partial charge is 0.496 e. The van der Waals surface area contributed by atoms with E-state index in [1.165, 1.54) is 19.2 Å². The van der Waals surface area contributed by atoms with Gasteiger partial charge in [0, 0.05) is 5.56 Å². The monoisotopic (exact) mass is 338 g/mol. The molecule has 2 aromatic carbocycles. The molecule has 0 aromatic heterocycles. The second-order valence-corrected chi connectivity index (χ2v) is 5.54. The molecule has 0 aliphatic rings. The maximum atomic E-state index is 12.8. The summed E-state index contributed by atoms with van der Waals surface area (Å²) in [6, 6.07) is 9.85. The fourth-order valence-electron chi connectivity index (χ4n) is 2.57. The van der Waals surface area contributed by atoms with Crippen molar-refractivity contribution in [3.8, 4) is 5.75 Å². The summed E-state index contributed by atoms with van der Waals surface area (Å²) in [5.41, 5.74) is 0.810. The molecule has 2 rings (SSSR count). The molecule has 0 fully saturated rings. The van der Waals surface area contributed by atoms with E-state index >= 15 is 0 Å². The topological polar surface area (TPSA) is 46.5 Å². The molecule has 1 N–H and O–H groups in total. The van der Waals surface area contributed by atoms with Crippen LogP contribution in [0.2, 0.25) is 0 Å². The minimum atomic E-state index is -4.46. The Morgan fingerprint density at radius 3 is 2.50 bits per heavy atom. The van der Waals surface area contributed by atoms with E-state index in [1.54, 1.807) is 18.2 Å². The van der Waals surface area contributed by atoms with Gasteiger partial charge in [-0.25, -0.2) is 0 Å². The molecular weight excluding hydrogens is 321 g/mol. The second-order valence-electron chi connectivity index (χ2n) is 5.54. The van der Waals surface area contributed by atoms with Crippen molar-refractivity contribution in [2.75, 3.05) is 7.11 Å². The van der Waals surface area contributed by atoms with Crippen molar-refractivity contribution >= 4 is 5.97 Å². The van der Waals surface area contributed by atoms with Gasteiger partial charge in [-0.15, -0.1) is 0 Å². The van der Waals surface area contributed by atoms with Crippen LogP contribution in [0.25, 0.3) is 0 Å². The molecule has 0 spiro atoms. The van der Waals surface area contributed by atoms with Gasteiger partial charge in [-0.1, -0.05) is 35.9 Å². The number of aliphatic carboxylic acids is 1. The molecule has 1 atom stereocenters. The number of hydrogen-bond donors (Lipinski definition) is 1. The van der Waals surface area contributed by atoms with E-state index in [9.17, 15) is 23.1 Å². The van der Waals surface area contributed by atoms with Crippen LogP contribution in [0.1, 0.15) is 28.2 Å². The number of hydrogen-bond acceptors (Lipinski definition) is 2. The number of methoxy groups -OCH3 is 1. The Morgan fingerprint density at radius 2 is 1.92 bits per heavy atom. The Kier molecular flexibility index (Phi) is 5.17. The Morgan fingerprint density at radius 1 is 1.21 bits per heavy atom. The van der Waals surface area contributed by atoms with Gasteiger partial charge in [-0.2, -0.15) is 13.2 Å². The molecule has 128 valence electrons. The van der Waals surface area contributed by atoms with Gasteiger partial charge in [0.1, 0.15) is 5.75 Å². The van der Waals surface area contributed by atoms with Gasteiger partial charge in [0.05, 0.1) is 18.6 Å². The van der Waals surface area contributed by atoms with Crippen LogP contribution in [0.3, 0.4) is 0 Å². The normalized spacial score (nSPS) is 12.7. The fraction of sp³-hybridized carbons (Fsp3) is 0.278. The lowest BCUT2D eigenvalue weighted by molar-refractivity contribution is -0.139. The average Bonchev–Trinajstić information content (AvgIpc) is 2.52. The maximum absolute atomic E-state index is 12.8. The van der Waals surface area contributed by atoms with E-state index < -0.39 is 23.6 Å². The van der Waals surface area contributed by atoms with E-state index in [0.717, 1.165) is 17.7 Å².